The van der Waals surface area contributed by atoms with Gasteiger partial charge in [-0.3, -0.25) is 4.79 Å². The first-order chi connectivity index (χ1) is 8.15. The molecule has 1 aliphatic heterocycles. The van der Waals surface area contributed by atoms with Crippen molar-refractivity contribution in [2.75, 3.05) is 10.6 Å². The molecule has 1 saturated carbocycles. The van der Waals surface area contributed by atoms with Gasteiger partial charge in [-0.05, 0) is 34.8 Å². The Kier molecular flexibility index (Phi) is 2.58. The van der Waals surface area contributed by atoms with E-state index in [0.717, 1.165) is 19.3 Å². The lowest BCUT2D eigenvalue weighted by Crippen LogP contribution is -2.30. The van der Waals surface area contributed by atoms with Crippen LogP contribution in [-0.4, -0.2) is 11.9 Å². The van der Waals surface area contributed by atoms with Crippen molar-refractivity contribution in [3.63, 3.8) is 0 Å². The second kappa shape index (κ2) is 3.98. The number of hydrogen-bond donors (Lipinski definition) is 2. The predicted octanol–water partition coefficient (Wildman–Crippen LogP) is 3.12. The molecule has 5 heteroatoms. The maximum absolute atomic E-state index is 13.5. The zero-order valence-electron chi connectivity index (χ0n) is 9.09. The highest BCUT2D eigenvalue weighted by Gasteiger charge is 2.36. The van der Waals surface area contributed by atoms with Gasteiger partial charge < -0.3 is 10.6 Å². The molecule has 0 saturated heterocycles. The van der Waals surface area contributed by atoms with E-state index in [1.54, 1.807) is 6.07 Å². The summed E-state index contributed by atoms with van der Waals surface area (Å²) in [6, 6.07) is 3.17. The van der Waals surface area contributed by atoms with Crippen LogP contribution in [0.4, 0.5) is 15.8 Å². The molecule has 1 aromatic rings. The normalized spacial score (nSPS) is 26.6. The minimum atomic E-state index is -0.318. The third-order valence-corrected chi connectivity index (χ3v) is 4.12. The lowest BCUT2D eigenvalue weighted by Gasteiger charge is -2.16. The highest BCUT2D eigenvalue weighted by Crippen LogP contribution is 2.37. The molecule has 3 rings (SSSR count). The third-order valence-electron chi connectivity index (χ3n) is 3.51. The summed E-state index contributed by atoms with van der Waals surface area (Å²) in [7, 11) is 0. The molecule has 2 aliphatic rings. The van der Waals surface area contributed by atoms with Gasteiger partial charge in [-0.2, -0.15) is 0 Å². The van der Waals surface area contributed by atoms with Crippen LogP contribution >= 0.6 is 15.9 Å². The van der Waals surface area contributed by atoms with Crippen LogP contribution in [0.3, 0.4) is 0 Å². The average molecular weight is 299 g/mol. The summed E-state index contributed by atoms with van der Waals surface area (Å²) in [6.07, 6.45) is 2.92. The van der Waals surface area contributed by atoms with Gasteiger partial charge in [-0.1, -0.05) is 6.42 Å². The molecule has 1 aliphatic carbocycles. The predicted molar refractivity (Wildman–Crippen MR) is 67.5 cm³/mol. The van der Waals surface area contributed by atoms with Crippen molar-refractivity contribution >= 4 is 33.2 Å². The summed E-state index contributed by atoms with van der Waals surface area (Å²) < 4.78 is 13.8. The van der Waals surface area contributed by atoms with Gasteiger partial charge in [0.05, 0.1) is 21.8 Å². The Morgan fingerprint density at radius 2 is 2.12 bits per heavy atom. The molecule has 0 spiro atoms. The minimum absolute atomic E-state index is 0.00392. The van der Waals surface area contributed by atoms with Crippen LogP contribution in [0.1, 0.15) is 19.3 Å². The van der Waals surface area contributed by atoms with Crippen molar-refractivity contribution < 1.29 is 9.18 Å². The van der Waals surface area contributed by atoms with Crippen molar-refractivity contribution in [2.45, 2.75) is 25.3 Å². The first-order valence-electron chi connectivity index (χ1n) is 5.71. The van der Waals surface area contributed by atoms with E-state index in [2.05, 4.69) is 26.6 Å². The number of hydrogen-bond acceptors (Lipinski definition) is 2. The first-order valence-corrected chi connectivity index (χ1v) is 6.51. The summed E-state index contributed by atoms with van der Waals surface area (Å²) in [6.45, 7) is 0. The summed E-state index contributed by atoms with van der Waals surface area (Å²) in [5.41, 5.74) is 1.33. The largest absolute Gasteiger partial charge is 0.380 e. The van der Waals surface area contributed by atoms with Gasteiger partial charge in [0.2, 0.25) is 5.91 Å². The zero-order chi connectivity index (χ0) is 12.0. The molecule has 1 aromatic carbocycles. The molecule has 3 nitrogen and oxygen atoms in total. The zero-order valence-corrected chi connectivity index (χ0v) is 10.7. The highest BCUT2D eigenvalue weighted by atomic mass is 79.9. The Labute approximate surface area is 107 Å². The molecule has 1 amide bonds. The van der Waals surface area contributed by atoms with E-state index in [1.807, 2.05) is 0 Å². The lowest BCUT2D eigenvalue weighted by atomic mass is 10.0. The van der Waals surface area contributed by atoms with Crippen molar-refractivity contribution in [2.24, 2.45) is 5.92 Å². The number of rotatable bonds is 0. The van der Waals surface area contributed by atoms with Gasteiger partial charge in [0.25, 0.3) is 0 Å². The van der Waals surface area contributed by atoms with Crippen molar-refractivity contribution in [1.29, 1.82) is 0 Å². The van der Waals surface area contributed by atoms with Gasteiger partial charge in [0.15, 0.2) is 0 Å². The molecule has 2 N–H and O–H groups in total. The number of halogens is 2. The maximum Gasteiger partial charge on any atom is 0.229 e. The Morgan fingerprint density at radius 3 is 2.94 bits per heavy atom. The third kappa shape index (κ3) is 1.82. The Balaban J connectivity index is 2.04. The van der Waals surface area contributed by atoms with Gasteiger partial charge in [0.1, 0.15) is 5.82 Å². The second-order valence-electron chi connectivity index (χ2n) is 4.59. The standard InChI is InChI=1S/C12H12BrFN2O/c13-7-4-10-11(5-8(7)14)15-9-3-1-2-6(9)12(17)16-10/h4-6,9,15H,1-3H2,(H,16,17). The summed E-state index contributed by atoms with van der Waals surface area (Å²) in [5, 5.41) is 6.14. The molecule has 0 bridgehead atoms. The molecule has 0 aromatic heterocycles. The number of carbonyl (C=O) groups is 1. The number of benzene rings is 1. The van der Waals surface area contributed by atoms with Crippen LogP contribution in [0.15, 0.2) is 16.6 Å². The quantitative estimate of drug-likeness (QED) is 0.773. The van der Waals surface area contributed by atoms with Crippen molar-refractivity contribution in [3.8, 4) is 0 Å². The fraction of sp³-hybridized carbons (Fsp3) is 0.417. The smallest absolute Gasteiger partial charge is 0.229 e. The van der Waals surface area contributed by atoms with Crippen LogP contribution in [0.5, 0.6) is 0 Å². The monoisotopic (exact) mass is 298 g/mol. The fourth-order valence-corrected chi connectivity index (χ4v) is 2.98. The topological polar surface area (TPSA) is 41.1 Å². The van der Waals surface area contributed by atoms with Crippen LogP contribution in [0, 0.1) is 11.7 Å². The van der Waals surface area contributed by atoms with E-state index in [-0.39, 0.29) is 23.7 Å². The van der Waals surface area contributed by atoms with Crippen LogP contribution in [0.25, 0.3) is 0 Å². The van der Waals surface area contributed by atoms with Crippen LogP contribution in [0.2, 0.25) is 0 Å². The van der Waals surface area contributed by atoms with Gasteiger partial charge in [-0.15, -0.1) is 0 Å². The maximum atomic E-state index is 13.5. The number of nitrogens with one attached hydrogen (secondary N) is 2. The molecule has 0 radical (unpaired) electrons. The number of amides is 1. The molecular formula is C12H12BrFN2O. The molecule has 17 heavy (non-hydrogen) atoms. The molecule has 1 heterocycles. The number of anilines is 2. The fourth-order valence-electron chi connectivity index (χ4n) is 2.64. The average Bonchev–Trinajstić information content (AvgIpc) is 2.69. The summed E-state index contributed by atoms with van der Waals surface area (Å²) in [4.78, 5) is 12.0. The molecular weight excluding hydrogens is 287 g/mol. The molecule has 2 atom stereocenters. The Hall–Kier alpha value is -1.10. The van der Waals surface area contributed by atoms with Crippen LogP contribution in [-0.2, 0) is 4.79 Å². The van der Waals surface area contributed by atoms with E-state index in [1.165, 1.54) is 6.07 Å². The van der Waals surface area contributed by atoms with E-state index < -0.39 is 0 Å². The Bertz CT molecular complexity index is 492. The van der Waals surface area contributed by atoms with Gasteiger partial charge in [-0.25, -0.2) is 4.39 Å². The van der Waals surface area contributed by atoms with Gasteiger partial charge in [0, 0.05) is 12.1 Å². The van der Waals surface area contributed by atoms with E-state index in [9.17, 15) is 9.18 Å². The summed E-state index contributed by atoms with van der Waals surface area (Å²) in [5.74, 6) is -0.275. The van der Waals surface area contributed by atoms with Crippen molar-refractivity contribution in [3.05, 3.63) is 22.4 Å². The van der Waals surface area contributed by atoms with E-state index in [0.29, 0.717) is 15.8 Å². The number of carbonyl (C=O) groups excluding carboxylic acids is 1. The first kappa shape index (κ1) is 11.0. The second-order valence-corrected chi connectivity index (χ2v) is 5.44. The van der Waals surface area contributed by atoms with Gasteiger partial charge >= 0.3 is 0 Å². The SMILES string of the molecule is O=C1Nc2cc(Br)c(F)cc2NC2CCCC12. The number of fused-ring (bicyclic) bond motifs is 2. The minimum Gasteiger partial charge on any atom is -0.380 e. The summed E-state index contributed by atoms with van der Waals surface area (Å²) >= 11 is 3.13. The molecule has 1 fully saturated rings. The van der Waals surface area contributed by atoms with Crippen molar-refractivity contribution in [1.82, 2.24) is 0 Å². The Morgan fingerprint density at radius 1 is 1.29 bits per heavy atom. The lowest BCUT2D eigenvalue weighted by molar-refractivity contribution is -0.119. The van der Waals surface area contributed by atoms with E-state index >= 15 is 0 Å². The van der Waals surface area contributed by atoms with Crippen LogP contribution < -0.4 is 10.6 Å². The van der Waals surface area contributed by atoms with E-state index in [4.69, 9.17) is 0 Å². The highest BCUT2D eigenvalue weighted by molar-refractivity contribution is 9.10. The molecule has 2 unspecified atom stereocenters. The molecule has 90 valence electrons.